The van der Waals surface area contributed by atoms with Crippen molar-refractivity contribution in [2.45, 2.75) is 57.9 Å². The van der Waals surface area contributed by atoms with Gasteiger partial charge < -0.3 is 15.0 Å². The number of urea groups is 1. The van der Waals surface area contributed by atoms with Gasteiger partial charge >= 0.3 is 12.0 Å². The van der Waals surface area contributed by atoms with E-state index in [1.807, 2.05) is 6.07 Å². The fraction of sp³-hybridized carbons (Fsp3) is 0.800. The summed E-state index contributed by atoms with van der Waals surface area (Å²) in [6, 6.07) is 2.07. The molecule has 0 aromatic carbocycles. The van der Waals surface area contributed by atoms with Gasteiger partial charge in [-0.3, -0.25) is 4.79 Å². The van der Waals surface area contributed by atoms with E-state index in [0.29, 0.717) is 19.7 Å². The fourth-order valence-electron chi connectivity index (χ4n) is 2.47. The van der Waals surface area contributed by atoms with E-state index in [1.165, 1.54) is 11.3 Å². The van der Waals surface area contributed by atoms with Crippen LogP contribution >= 0.6 is 0 Å². The molecule has 1 rings (SSSR count). The number of amides is 2. The van der Waals surface area contributed by atoms with E-state index in [0.717, 1.165) is 25.7 Å². The molecule has 1 aliphatic rings. The molecule has 1 N–H and O–H groups in total. The molecule has 6 nitrogen and oxygen atoms in total. The van der Waals surface area contributed by atoms with Crippen molar-refractivity contribution in [2.75, 3.05) is 19.7 Å². The highest BCUT2D eigenvalue weighted by atomic mass is 16.5. The van der Waals surface area contributed by atoms with Crippen LogP contribution in [0.25, 0.3) is 0 Å². The summed E-state index contributed by atoms with van der Waals surface area (Å²) in [5.74, 6) is -0.315. The van der Waals surface area contributed by atoms with Crippen molar-refractivity contribution >= 4 is 12.0 Å². The van der Waals surface area contributed by atoms with Crippen LogP contribution in [-0.2, 0) is 9.53 Å². The number of hydrogen-bond donors (Lipinski definition) is 1. The normalized spacial score (nSPS) is 15.0. The number of carbonyl (C=O) groups excluding carboxylic acids is 2. The van der Waals surface area contributed by atoms with Crippen LogP contribution in [-0.4, -0.2) is 42.6 Å². The molecule has 1 fully saturated rings. The summed E-state index contributed by atoms with van der Waals surface area (Å²) in [6.07, 6.45) is 5.97. The number of nitrogens with zero attached hydrogens (tertiary/aromatic N) is 2. The van der Waals surface area contributed by atoms with Crippen LogP contribution in [0, 0.1) is 11.3 Å². The Morgan fingerprint density at radius 2 is 2.00 bits per heavy atom. The van der Waals surface area contributed by atoms with E-state index in [1.54, 1.807) is 6.92 Å². The molecule has 0 radical (unpaired) electrons. The first-order valence-electron chi connectivity index (χ1n) is 7.75. The maximum atomic E-state index is 12.2. The van der Waals surface area contributed by atoms with Crippen LogP contribution in [0.15, 0.2) is 0 Å². The molecule has 6 heteroatoms. The van der Waals surface area contributed by atoms with Crippen LogP contribution in [0.1, 0.15) is 51.9 Å². The summed E-state index contributed by atoms with van der Waals surface area (Å²) in [5, 5.41) is 11.7. The molecule has 0 aliphatic heterocycles. The Hall–Kier alpha value is -1.77. The third-order valence-corrected chi connectivity index (χ3v) is 3.60. The Bertz CT molecular complexity index is 373. The standard InChI is InChI=1S/C15H25N3O3/c1-2-21-14(19)9-12-18(11-6-10-16)15(20)17-13-7-4-3-5-8-13/h13H,2-9,11-12H2,1H3,(H,17,20). The molecule has 2 amide bonds. The number of nitriles is 1. The number of hydrogen-bond acceptors (Lipinski definition) is 4. The van der Waals surface area contributed by atoms with Crippen LogP contribution in [0.4, 0.5) is 4.79 Å². The third kappa shape index (κ3) is 6.98. The third-order valence-electron chi connectivity index (χ3n) is 3.60. The Kier molecular flexibility index (Phi) is 8.25. The zero-order chi connectivity index (χ0) is 15.5. The van der Waals surface area contributed by atoms with Crippen molar-refractivity contribution in [3.05, 3.63) is 0 Å². The number of esters is 1. The van der Waals surface area contributed by atoms with E-state index < -0.39 is 0 Å². The van der Waals surface area contributed by atoms with Crippen LogP contribution in [0.2, 0.25) is 0 Å². The molecule has 0 heterocycles. The summed E-state index contributed by atoms with van der Waals surface area (Å²) in [6.45, 7) is 2.72. The van der Waals surface area contributed by atoms with Gasteiger partial charge in [-0.05, 0) is 19.8 Å². The molecule has 0 saturated heterocycles. The average Bonchev–Trinajstić information content (AvgIpc) is 2.48. The minimum atomic E-state index is -0.315. The van der Waals surface area contributed by atoms with Gasteiger partial charge in [-0.15, -0.1) is 0 Å². The van der Waals surface area contributed by atoms with Crippen molar-refractivity contribution in [1.29, 1.82) is 5.26 Å². The van der Waals surface area contributed by atoms with Gasteiger partial charge in [0.2, 0.25) is 0 Å². The lowest BCUT2D eigenvalue weighted by atomic mass is 9.96. The van der Waals surface area contributed by atoms with Crippen molar-refractivity contribution in [3.8, 4) is 6.07 Å². The summed E-state index contributed by atoms with van der Waals surface area (Å²) in [4.78, 5) is 25.2. The first-order valence-corrected chi connectivity index (χ1v) is 7.75. The molecular weight excluding hydrogens is 270 g/mol. The quantitative estimate of drug-likeness (QED) is 0.730. The van der Waals surface area contributed by atoms with Crippen molar-refractivity contribution in [3.63, 3.8) is 0 Å². The second-order valence-electron chi connectivity index (χ2n) is 5.23. The monoisotopic (exact) mass is 295 g/mol. The molecule has 1 saturated carbocycles. The lowest BCUT2D eigenvalue weighted by Gasteiger charge is -2.27. The van der Waals surface area contributed by atoms with Gasteiger partial charge in [0.1, 0.15) is 0 Å². The summed E-state index contributed by atoms with van der Waals surface area (Å²) >= 11 is 0. The molecule has 0 unspecified atom stereocenters. The predicted molar refractivity (Wildman–Crippen MR) is 78.5 cm³/mol. The SMILES string of the molecule is CCOC(=O)CCN(CCC#N)C(=O)NC1CCCCC1. The number of rotatable bonds is 7. The van der Waals surface area contributed by atoms with Gasteiger partial charge in [0.25, 0.3) is 0 Å². The largest absolute Gasteiger partial charge is 0.466 e. The van der Waals surface area contributed by atoms with Gasteiger partial charge in [-0.25, -0.2) is 4.79 Å². The molecule has 0 atom stereocenters. The Morgan fingerprint density at radius 3 is 2.62 bits per heavy atom. The van der Waals surface area contributed by atoms with E-state index in [2.05, 4.69) is 5.32 Å². The number of carbonyl (C=O) groups is 2. The van der Waals surface area contributed by atoms with E-state index in [-0.39, 0.29) is 30.9 Å². The number of nitrogens with one attached hydrogen (secondary N) is 1. The van der Waals surface area contributed by atoms with Crippen molar-refractivity contribution in [1.82, 2.24) is 10.2 Å². The zero-order valence-corrected chi connectivity index (χ0v) is 12.8. The predicted octanol–water partition coefficient (Wildman–Crippen LogP) is 2.20. The molecule has 0 aromatic rings. The fourth-order valence-corrected chi connectivity index (χ4v) is 2.47. The molecule has 0 bridgehead atoms. The molecule has 21 heavy (non-hydrogen) atoms. The topological polar surface area (TPSA) is 82.4 Å². The van der Waals surface area contributed by atoms with Crippen molar-refractivity contribution in [2.24, 2.45) is 0 Å². The van der Waals surface area contributed by atoms with E-state index in [4.69, 9.17) is 10.00 Å². The average molecular weight is 295 g/mol. The van der Waals surface area contributed by atoms with Gasteiger partial charge in [0.15, 0.2) is 0 Å². The van der Waals surface area contributed by atoms with Gasteiger partial charge in [-0.1, -0.05) is 19.3 Å². The molecule has 0 spiro atoms. The maximum Gasteiger partial charge on any atom is 0.317 e. The van der Waals surface area contributed by atoms with Gasteiger partial charge in [0.05, 0.1) is 25.5 Å². The Balaban J connectivity index is 2.44. The van der Waals surface area contributed by atoms with Gasteiger partial charge in [-0.2, -0.15) is 5.26 Å². The minimum Gasteiger partial charge on any atom is -0.466 e. The first-order chi connectivity index (χ1) is 10.2. The van der Waals surface area contributed by atoms with Crippen LogP contribution < -0.4 is 5.32 Å². The lowest BCUT2D eigenvalue weighted by Crippen LogP contribution is -2.46. The molecular formula is C15H25N3O3. The van der Waals surface area contributed by atoms with E-state index in [9.17, 15) is 9.59 Å². The van der Waals surface area contributed by atoms with Crippen LogP contribution in [0.5, 0.6) is 0 Å². The second-order valence-corrected chi connectivity index (χ2v) is 5.23. The van der Waals surface area contributed by atoms with Crippen LogP contribution in [0.3, 0.4) is 0 Å². The summed E-state index contributed by atoms with van der Waals surface area (Å²) < 4.78 is 4.86. The smallest absolute Gasteiger partial charge is 0.317 e. The molecule has 118 valence electrons. The number of ether oxygens (including phenoxy) is 1. The molecule has 0 aromatic heterocycles. The summed E-state index contributed by atoms with van der Waals surface area (Å²) in [7, 11) is 0. The minimum absolute atomic E-state index is 0.164. The van der Waals surface area contributed by atoms with E-state index >= 15 is 0 Å². The Labute approximate surface area is 126 Å². The highest BCUT2D eigenvalue weighted by molar-refractivity contribution is 5.76. The highest BCUT2D eigenvalue weighted by Crippen LogP contribution is 2.17. The van der Waals surface area contributed by atoms with Gasteiger partial charge in [0, 0.05) is 19.1 Å². The second kappa shape index (κ2) is 10.0. The molecule has 1 aliphatic carbocycles. The first kappa shape index (κ1) is 17.3. The highest BCUT2D eigenvalue weighted by Gasteiger charge is 2.20. The summed E-state index contributed by atoms with van der Waals surface area (Å²) in [5.41, 5.74) is 0. The Morgan fingerprint density at radius 1 is 1.29 bits per heavy atom. The van der Waals surface area contributed by atoms with Crippen molar-refractivity contribution < 1.29 is 14.3 Å². The lowest BCUT2D eigenvalue weighted by molar-refractivity contribution is -0.143. The zero-order valence-electron chi connectivity index (χ0n) is 12.8. The maximum absolute atomic E-state index is 12.2.